The third-order valence-electron chi connectivity index (χ3n) is 5.12. The largest absolute Gasteiger partial charge is 0.355 e. The summed E-state index contributed by atoms with van der Waals surface area (Å²) >= 11 is 1.64. The lowest BCUT2D eigenvalue weighted by molar-refractivity contribution is 0.442. The van der Waals surface area contributed by atoms with Crippen molar-refractivity contribution in [1.82, 2.24) is 15.3 Å². The first kappa shape index (κ1) is 18.3. The van der Waals surface area contributed by atoms with Crippen molar-refractivity contribution in [3.8, 4) is 11.1 Å². The van der Waals surface area contributed by atoms with E-state index in [1.807, 2.05) is 12.1 Å². The first-order valence-electron chi connectivity index (χ1n) is 8.91. The Hall–Kier alpha value is -2.03. The number of benzene rings is 1. The maximum Gasteiger partial charge on any atom is 0.175 e. The Morgan fingerprint density at radius 1 is 1.15 bits per heavy atom. The minimum atomic E-state index is -3.20. The van der Waals surface area contributed by atoms with Crippen molar-refractivity contribution < 1.29 is 8.42 Å². The number of hydrogen-bond acceptors (Lipinski definition) is 7. The van der Waals surface area contributed by atoms with Crippen LogP contribution in [-0.4, -0.2) is 50.8 Å². The molecule has 2 aromatic heterocycles. The van der Waals surface area contributed by atoms with Gasteiger partial charge >= 0.3 is 0 Å². The maximum absolute atomic E-state index is 11.7. The van der Waals surface area contributed by atoms with Gasteiger partial charge in [0.15, 0.2) is 9.84 Å². The number of anilines is 1. The highest BCUT2D eigenvalue weighted by molar-refractivity contribution is 7.90. The molecule has 4 rings (SSSR count). The van der Waals surface area contributed by atoms with Gasteiger partial charge in [0.25, 0.3) is 0 Å². The highest BCUT2D eigenvalue weighted by Gasteiger charge is 2.22. The summed E-state index contributed by atoms with van der Waals surface area (Å²) in [5.41, 5.74) is 2.89. The van der Waals surface area contributed by atoms with E-state index in [9.17, 15) is 8.42 Å². The van der Waals surface area contributed by atoms with Crippen LogP contribution in [0.15, 0.2) is 40.9 Å². The first-order valence-corrected chi connectivity index (χ1v) is 11.7. The Labute approximate surface area is 163 Å². The Bertz CT molecular complexity index is 1060. The second-order valence-electron chi connectivity index (χ2n) is 6.91. The number of rotatable bonds is 4. The zero-order valence-electron chi connectivity index (χ0n) is 15.3. The molecule has 0 atom stereocenters. The minimum Gasteiger partial charge on any atom is -0.355 e. The Balaban J connectivity index is 1.72. The van der Waals surface area contributed by atoms with Crippen LogP contribution in [0, 0.1) is 0 Å². The van der Waals surface area contributed by atoms with Gasteiger partial charge in [0.1, 0.15) is 12.1 Å². The Morgan fingerprint density at radius 2 is 1.85 bits per heavy atom. The lowest BCUT2D eigenvalue weighted by atomic mass is 10.1. The van der Waals surface area contributed by atoms with Gasteiger partial charge in [-0.2, -0.15) is 0 Å². The molecule has 8 heteroatoms. The fourth-order valence-corrected chi connectivity index (χ4v) is 5.23. The van der Waals surface area contributed by atoms with E-state index >= 15 is 0 Å². The molecule has 1 aromatic carbocycles. The molecule has 0 unspecified atom stereocenters. The van der Waals surface area contributed by atoms with Crippen molar-refractivity contribution in [2.75, 3.05) is 31.3 Å². The molecule has 1 aliphatic heterocycles. The third-order valence-corrected chi connectivity index (χ3v) is 7.21. The van der Waals surface area contributed by atoms with Crippen LogP contribution in [0.25, 0.3) is 21.3 Å². The highest BCUT2D eigenvalue weighted by atomic mass is 32.2. The van der Waals surface area contributed by atoms with Crippen molar-refractivity contribution in [3.63, 3.8) is 0 Å². The molecule has 0 bridgehead atoms. The summed E-state index contributed by atoms with van der Waals surface area (Å²) in [6, 6.07) is 7.46. The Morgan fingerprint density at radius 3 is 2.52 bits per heavy atom. The number of piperidine rings is 1. The molecule has 142 valence electrons. The normalized spacial score (nSPS) is 15.9. The summed E-state index contributed by atoms with van der Waals surface area (Å²) in [6.07, 6.45) is 5.05. The standard InChI is InChI=1S/C19H22N4O2S2/c1-23(14-7-9-20-10-8-14)19-18-17(21-12-22-19)16(11-26-18)13-3-5-15(6-4-13)27(2,24)25/h3-6,11-12,14,20H,7-10H2,1-2H3. The van der Waals surface area contributed by atoms with Crippen molar-refractivity contribution in [1.29, 1.82) is 0 Å². The average molecular weight is 403 g/mol. The van der Waals surface area contributed by atoms with Crippen molar-refractivity contribution in [3.05, 3.63) is 36.0 Å². The average Bonchev–Trinajstić information content (AvgIpc) is 3.12. The first-order chi connectivity index (χ1) is 12.9. The van der Waals surface area contributed by atoms with Gasteiger partial charge in [-0.25, -0.2) is 18.4 Å². The zero-order chi connectivity index (χ0) is 19.0. The predicted molar refractivity (Wildman–Crippen MR) is 110 cm³/mol. The van der Waals surface area contributed by atoms with Crippen LogP contribution >= 0.6 is 11.3 Å². The van der Waals surface area contributed by atoms with Crippen LogP contribution < -0.4 is 10.2 Å². The number of sulfone groups is 1. The van der Waals surface area contributed by atoms with Crippen molar-refractivity contribution in [2.45, 2.75) is 23.8 Å². The summed E-state index contributed by atoms with van der Waals surface area (Å²) in [4.78, 5) is 11.7. The van der Waals surface area contributed by atoms with E-state index in [0.29, 0.717) is 10.9 Å². The monoisotopic (exact) mass is 402 g/mol. The molecular formula is C19H22N4O2S2. The SMILES string of the molecule is CN(c1ncnc2c(-c3ccc(S(C)(=O)=O)cc3)csc12)C1CCNCC1. The summed E-state index contributed by atoms with van der Waals surface area (Å²) in [7, 11) is -1.09. The molecule has 0 spiro atoms. The molecule has 0 amide bonds. The van der Waals surface area contributed by atoms with E-state index in [0.717, 1.165) is 53.1 Å². The molecule has 3 heterocycles. The molecule has 27 heavy (non-hydrogen) atoms. The molecule has 6 nitrogen and oxygen atoms in total. The fourth-order valence-electron chi connectivity index (χ4n) is 3.54. The van der Waals surface area contributed by atoms with Gasteiger partial charge in [0.05, 0.1) is 15.1 Å². The molecule has 1 fully saturated rings. The lowest BCUT2D eigenvalue weighted by Gasteiger charge is -2.32. The summed E-state index contributed by atoms with van der Waals surface area (Å²) in [6.45, 7) is 2.07. The molecule has 1 N–H and O–H groups in total. The number of fused-ring (bicyclic) bond motifs is 1. The smallest absolute Gasteiger partial charge is 0.175 e. The molecule has 3 aromatic rings. The molecule has 0 aliphatic carbocycles. The number of thiophene rings is 1. The van der Waals surface area contributed by atoms with Gasteiger partial charge in [-0.05, 0) is 43.6 Å². The highest BCUT2D eigenvalue weighted by Crippen LogP contribution is 2.37. The van der Waals surface area contributed by atoms with E-state index in [-0.39, 0.29) is 0 Å². The van der Waals surface area contributed by atoms with Gasteiger partial charge in [-0.3, -0.25) is 0 Å². The van der Waals surface area contributed by atoms with Crippen LogP contribution in [0.4, 0.5) is 5.82 Å². The van der Waals surface area contributed by atoms with E-state index in [4.69, 9.17) is 0 Å². The molecule has 1 aliphatic rings. The predicted octanol–water partition coefficient (Wildman–Crippen LogP) is 2.95. The number of hydrogen-bond donors (Lipinski definition) is 1. The van der Waals surface area contributed by atoms with Crippen molar-refractivity contribution in [2.24, 2.45) is 0 Å². The van der Waals surface area contributed by atoms with Gasteiger partial charge in [0.2, 0.25) is 0 Å². The Kier molecular flexibility index (Phi) is 4.88. The van der Waals surface area contributed by atoms with Crippen molar-refractivity contribution >= 4 is 37.2 Å². The number of nitrogens with one attached hydrogen (secondary N) is 1. The molecule has 0 radical (unpaired) electrons. The minimum absolute atomic E-state index is 0.326. The van der Waals surface area contributed by atoms with Crippen LogP contribution in [0.5, 0.6) is 0 Å². The zero-order valence-corrected chi connectivity index (χ0v) is 17.0. The van der Waals surface area contributed by atoms with Gasteiger partial charge in [-0.15, -0.1) is 11.3 Å². The maximum atomic E-state index is 11.7. The number of nitrogens with zero attached hydrogens (tertiary/aromatic N) is 3. The van der Waals surface area contributed by atoms with Crippen LogP contribution in [0.1, 0.15) is 12.8 Å². The lowest BCUT2D eigenvalue weighted by Crippen LogP contribution is -2.41. The quantitative estimate of drug-likeness (QED) is 0.723. The van der Waals surface area contributed by atoms with Gasteiger partial charge in [-0.1, -0.05) is 12.1 Å². The third kappa shape index (κ3) is 3.56. The van der Waals surface area contributed by atoms with E-state index in [1.54, 1.807) is 29.8 Å². The van der Waals surface area contributed by atoms with E-state index < -0.39 is 9.84 Å². The number of aromatic nitrogens is 2. The van der Waals surface area contributed by atoms with Gasteiger partial charge < -0.3 is 10.2 Å². The van der Waals surface area contributed by atoms with Crippen LogP contribution in [0.2, 0.25) is 0 Å². The van der Waals surface area contributed by atoms with Crippen LogP contribution in [-0.2, 0) is 9.84 Å². The van der Waals surface area contributed by atoms with E-state index in [1.165, 1.54) is 6.26 Å². The second-order valence-corrected chi connectivity index (χ2v) is 9.81. The van der Waals surface area contributed by atoms with E-state index in [2.05, 4.69) is 32.6 Å². The fraction of sp³-hybridized carbons (Fsp3) is 0.368. The molecule has 0 saturated carbocycles. The molecular weight excluding hydrogens is 380 g/mol. The topological polar surface area (TPSA) is 75.2 Å². The van der Waals surface area contributed by atoms with Gasteiger partial charge in [0, 0.05) is 30.3 Å². The van der Waals surface area contributed by atoms with Crippen LogP contribution in [0.3, 0.4) is 0 Å². The second kappa shape index (κ2) is 7.18. The summed E-state index contributed by atoms with van der Waals surface area (Å²) < 4.78 is 24.4. The summed E-state index contributed by atoms with van der Waals surface area (Å²) in [5, 5.41) is 5.48. The molecule has 1 saturated heterocycles. The summed E-state index contributed by atoms with van der Waals surface area (Å²) in [5.74, 6) is 0.968.